The molecule has 5 nitrogen and oxygen atoms in total. The molecule has 1 aromatic carbocycles. The third-order valence-corrected chi connectivity index (χ3v) is 2.85. The van der Waals surface area contributed by atoms with E-state index in [4.69, 9.17) is 10.9 Å². The Hall–Kier alpha value is -2.18. The van der Waals surface area contributed by atoms with Crippen LogP contribution in [0.15, 0.2) is 17.3 Å². The number of benzene rings is 1. The van der Waals surface area contributed by atoms with E-state index in [0.29, 0.717) is 18.9 Å². The first-order valence-electron chi connectivity index (χ1n) is 6.14. The predicted octanol–water partition coefficient (Wildman–Crippen LogP) is 1.92. The molecule has 110 valence electrons. The molecule has 20 heavy (non-hydrogen) atoms. The average Bonchev–Trinajstić information content (AvgIpc) is 2.41. The topological polar surface area (TPSA) is 87.7 Å². The monoisotopic (exact) mass is 285 g/mol. The Kier molecular flexibility index (Phi) is 5.42. The van der Waals surface area contributed by atoms with Crippen molar-refractivity contribution >= 4 is 11.7 Å². The molecule has 0 bridgehead atoms. The van der Waals surface area contributed by atoms with Gasteiger partial charge in [-0.25, -0.2) is 8.78 Å². The van der Waals surface area contributed by atoms with Crippen molar-refractivity contribution in [1.82, 2.24) is 5.32 Å². The van der Waals surface area contributed by atoms with Crippen molar-refractivity contribution in [2.75, 3.05) is 0 Å². The lowest BCUT2D eigenvalue weighted by molar-refractivity contribution is 0.0940. The molecular weight excluding hydrogens is 268 g/mol. The van der Waals surface area contributed by atoms with Crippen LogP contribution >= 0.6 is 0 Å². The number of amidine groups is 1. The average molecular weight is 285 g/mol. The Bertz CT molecular complexity index is 533. The van der Waals surface area contributed by atoms with E-state index in [-0.39, 0.29) is 17.0 Å². The van der Waals surface area contributed by atoms with Gasteiger partial charge in [-0.15, -0.1) is 0 Å². The van der Waals surface area contributed by atoms with Crippen molar-refractivity contribution in [3.63, 3.8) is 0 Å². The van der Waals surface area contributed by atoms with Gasteiger partial charge in [-0.05, 0) is 25.0 Å². The molecule has 1 atom stereocenters. The molecular formula is C13H17F2N3O2. The van der Waals surface area contributed by atoms with Crippen LogP contribution in [0.5, 0.6) is 0 Å². The maximum absolute atomic E-state index is 13.6. The molecule has 0 heterocycles. The van der Waals surface area contributed by atoms with Crippen molar-refractivity contribution < 1.29 is 18.8 Å². The minimum Gasteiger partial charge on any atom is -0.409 e. The van der Waals surface area contributed by atoms with Crippen LogP contribution in [0.25, 0.3) is 0 Å². The van der Waals surface area contributed by atoms with Crippen LogP contribution in [0.4, 0.5) is 8.78 Å². The number of rotatable bonds is 5. The molecule has 0 fully saturated rings. The van der Waals surface area contributed by atoms with Gasteiger partial charge in [0.05, 0.1) is 11.6 Å². The van der Waals surface area contributed by atoms with Crippen LogP contribution < -0.4 is 11.1 Å². The van der Waals surface area contributed by atoms with E-state index in [1.165, 1.54) is 6.92 Å². The zero-order valence-corrected chi connectivity index (χ0v) is 11.3. The largest absolute Gasteiger partial charge is 0.409 e. The molecule has 0 aliphatic heterocycles. The lowest BCUT2D eigenvalue weighted by Crippen LogP contribution is -2.44. The van der Waals surface area contributed by atoms with Gasteiger partial charge >= 0.3 is 0 Å². The fourth-order valence-electron chi connectivity index (χ4n) is 1.72. The minimum atomic E-state index is -0.958. The first kappa shape index (κ1) is 15.9. The zero-order chi connectivity index (χ0) is 15.3. The minimum absolute atomic E-state index is 0.160. The highest BCUT2D eigenvalue weighted by Crippen LogP contribution is 2.14. The summed E-state index contributed by atoms with van der Waals surface area (Å²) < 4.78 is 26.7. The Labute approximate surface area is 115 Å². The Morgan fingerprint density at radius 2 is 2.10 bits per heavy atom. The summed E-state index contributed by atoms with van der Waals surface area (Å²) in [6.07, 6.45) is 1.11. The summed E-state index contributed by atoms with van der Waals surface area (Å²) in [7, 11) is 0. The molecule has 0 aromatic heterocycles. The van der Waals surface area contributed by atoms with Crippen LogP contribution in [0.3, 0.4) is 0 Å². The molecule has 0 radical (unpaired) electrons. The summed E-state index contributed by atoms with van der Waals surface area (Å²) in [6.45, 7) is 3.28. The number of amides is 1. The number of nitrogens with zero attached hydrogens (tertiary/aromatic N) is 1. The Balaban J connectivity index is 2.97. The van der Waals surface area contributed by atoms with Crippen molar-refractivity contribution in [3.05, 3.63) is 34.9 Å². The van der Waals surface area contributed by atoms with E-state index < -0.39 is 23.6 Å². The number of nitrogens with one attached hydrogen (secondary N) is 1. The van der Waals surface area contributed by atoms with Gasteiger partial charge in [0, 0.05) is 6.07 Å². The van der Waals surface area contributed by atoms with E-state index in [0.717, 1.165) is 6.07 Å². The smallest absolute Gasteiger partial charge is 0.254 e. The van der Waals surface area contributed by atoms with Crippen LogP contribution in [-0.2, 0) is 0 Å². The second-order valence-corrected chi connectivity index (χ2v) is 4.42. The van der Waals surface area contributed by atoms with E-state index in [1.807, 2.05) is 6.92 Å². The number of carbonyl (C=O) groups is 1. The Morgan fingerprint density at radius 1 is 1.45 bits per heavy atom. The normalized spacial score (nSPS) is 13.1. The van der Waals surface area contributed by atoms with E-state index in [1.54, 1.807) is 0 Å². The highest BCUT2D eigenvalue weighted by molar-refractivity contribution is 5.98. The number of carbonyl (C=O) groups excluding carboxylic acids is 1. The van der Waals surface area contributed by atoms with Crippen LogP contribution in [0, 0.1) is 18.6 Å². The van der Waals surface area contributed by atoms with Gasteiger partial charge in [-0.3, -0.25) is 4.79 Å². The fourth-order valence-corrected chi connectivity index (χ4v) is 1.72. The molecule has 7 heteroatoms. The number of nitrogens with two attached hydrogens (primary N) is 1. The maximum atomic E-state index is 13.6. The summed E-state index contributed by atoms with van der Waals surface area (Å²) in [5.41, 5.74) is 5.33. The standard InChI is InChI=1S/C13H17F2N3O2/c1-3-4-11(12(16)18-20)17-13(19)8-5-7(2)9(14)6-10(8)15/h5-6,11,20H,3-4H2,1-2H3,(H2,16,18)(H,17,19). The quantitative estimate of drug-likeness (QED) is 0.334. The van der Waals surface area contributed by atoms with E-state index in [2.05, 4.69) is 10.5 Å². The van der Waals surface area contributed by atoms with Crippen molar-refractivity contribution in [3.8, 4) is 0 Å². The molecule has 0 saturated heterocycles. The first-order chi connectivity index (χ1) is 9.40. The molecule has 1 unspecified atom stereocenters. The summed E-state index contributed by atoms with van der Waals surface area (Å²) in [5.74, 6) is -2.59. The maximum Gasteiger partial charge on any atom is 0.254 e. The van der Waals surface area contributed by atoms with Crippen molar-refractivity contribution in [2.45, 2.75) is 32.7 Å². The summed E-state index contributed by atoms with van der Waals surface area (Å²) in [4.78, 5) is 12.0. The number of hydrogen-bond acceptors (Lipinski definition) is 3. The fraction of sp³-hybridized carbons (Fsp3) is 0.385. The van der Waals surface area contributed by atoms with Gasteiger partial charge in [-0.1, -0.05) is 18.5 Å². The lowest BCUT2D eigenvalue weighted by atomic mass is 10.1. The molecule has 1 amide bonds. The van der Waals surface area contributed by atoms with Gasteiger partial charge in [0.15, 0.2) is 5.84 Å². The molecule has 0 aliphatic carbocycles. The Morgan fingerprint density at radius 3 is 2.65 bits per heavy atom. The van der Waals surface area contributed by atoms with Crippen LogP contribution in [0.1, 0.15) is 35.7 Å². The van der Waals surface area contributed by atoms with Crippen LogP contribution in [0.2, 0.25) is 0 Å². The van der Waals surface area contributed by atoms with Gasteiger partial charge in [0.1, 0.15) is 11.6 Å². The molecule has 4 N–H and O–H groups in total. The van der Waals surface area contributed by atoms with Gasteiger partial charge < -0.3 is 16.3 Å². The van der Waals surface area contributed by atoms with Gasteiger partial charge in [0.25, 0.3) is 5.91 Å². The highest BCUT2D eigenvalue weighted by atomic mass is 19.1. The zero-order valence-electron chi connectivity index (χ0n) is 11.3. The third-order valence-electron chi connectivity index (χ3n) is 2.85. The summed E-state index contributed by atoms with van der Waals surface area (Å²) in [5, 5.41) is 13.9. The predicted molar refractivity (Wildman–Crippen MR) is 70.7 cm³/mol. The molecule has 0 aliphatic rings. The van der Waals surface area contributed by atoms with Gasteiger partial charge in [-0.2, -0.15) is 0 Å². The molecule has 1 rings (SSSR count). The van der Waals surface area contributed by atoms with E-state index >= 15 is 0 Å². The van der Waals surface area contributed by atoms with E-state index in [9.17, 15) is 13.6 Å². The second-order valence-electron chi connectivity index (χ2n) is 4.42. The molecule has 0 saturated carbocycles. The number of oxime groups is 1. The van der Waals surface area contributed by atoms with Crippen LogP contribution in [-0.4, -0.2) is 23.0 Å². The molecule has 0 spiro atoms. The second kappa shape index (κ2) is 6.83. The van der Waals surface area contributed by atoms with Crippen molar-refractivity contribution in [1.29, 1.82) is 0 Å². The molecule has 1 aromatic rings. The van der Waals surface area contributed by atoms with Crippen molar-refractivity contribution in [2.24, 2.45) is 10.9 Å². The SMILES string of the molecule is CCCC(NC(=O)c1cc(C)c(F)cc1F)/C(N)=N/O. The first-order valence-corrected chi connectivity index (χ1v) is 6.14. The number of hydrogen-bond donors (Lipinski definition) is 3. The number of aryl methyl sites for hydroxylation is 1. The lowest BCUT2D eigenvalue weighted by Gasteiger charge is -2.17. The third kappa shape index (κ3) is 3.66. The van der Waals surface area contributed by atoms with Gasteiger partial charge in [0.2, 0.25) is 0 Å². The summed E-state index contributed by atoms with van der Waals surface area (Å²) >= 11 is 0. The number of halogens is 2. The highest BCUT2D eigenvalue weighted by Gasteiger charge is 2.20. The summed E-state index contributed by atoms with van der Waals surface area (Å²) in [6, 6.07) is 1.07.